The molecule has 2 rings (SSSR count). The second kappa shape index (κ2) is 6.79. The summed E-state index contributed by atoms with van der Waals surface area (Å²) in [7, 11) is 0. The zero-order chi connectivity index (χ0) is 14.6. The molecule has 20 heavy (non-hydrogen) atoms. The standard InChI is InChI=1S/C16H32N4/c1-5-17-15(20-11-9-16(3,4)13-20)18-10-12-19(6-2)14-7-8-14/h14H,5-13H2,1-4H3,(H,17,18). The molecule has 1 N–H and O–H groups in total. The zero-order valence-corrected chi connectivity index (χ0v) is 13.8. The van der Waals surface area contributed by atoms with Gasteiger partial charge in [-0.05, 0) is 38.1 Å². The maximum Gasteiger partial charge on any atom is 0.193 e. The molecule has 4 nitrogen and oxygen atoms in total. The minimum atomic E-state index is 0.430. The molecule has 0 spiro atoms. The van der Waals surface area contributed by atoms with Gasteiger partial charge in [-0.15, -0.1) is 0 Å². The van der Waals surface area contributed by atoms with Crippen LogP contribution in [-0.2, 0) is 0 Å². The molecule has 1 aliphatic carbocycles. The van der Waals surface area contributed by atoms with Crippen molar-refractivity contribution in [2.24, 2.45) is 10.4 Å². The van der Waals surface area contributed by atoms with Crippen molar-refractivity contribution in [1.29, 1.82) is 0 Å². The molecule has 0 aromatic heterocycles. The van der Waals surface area contributed by atoms with E-state index in [2.05, 4.69) is 42.8 Å². The minimum Gasteiger partial charge on any atom is -0.357 e. The Hall–Kier alpha value is -0.770. The third kappa shape index (κ3) is 4.37. The quantitative estimate of drug-likeness (QED) is 0.597. The van der Waals surface area contributed by atoms with Gasteiger partial charge in [0.05, 0.1) is 6.54 Å². The van der Waals surface area contributed by atoms with Gasteiger partial charge in [0.1, 0.15) is 0 Å². The first-order valence-electron chi connectivity index (χ1n) is 8.33. The number of rotatable bonds is 6. The van der Waals surface area contributed by atoms with E-state index < -0.39 is 0 Å². The van der Waals surface area contributed by atoms with E-state index in [0.717, 1.165) is 51.3 Å². The lowest BCUT2D eigenvalue weighted by atomic mass is 9.93. The van der Waals surface area contributed by atoms with Gasteiger partial charge in [-0.1, -0.05) is 20.8 Å². The van der Waals surface area contributed by atoms with Gasteiger partial charge in [-0.2, -0.15) is 0 Å². The molecular formula is C16H32N4. The van der Waals surface area contributed by atoms with E-state index in [9.17, 15) is 0 Å². The van der Waals surface area contributed by atoms with E-state index >= 15 is 0 Å². The van der Waals surface area contributed by atoms with Crippen molar-refractivity contribution < 1.29 is 0 Å². The van der Waals surface area contributed by atoms with Gasteiger partial charge in [0.2, 0.25) is 0 Å². The fourth-order valence-electron chi connectivity index (χ4n) is 3.04. The largest absolute Gasteiger partial charge is 0.357 e. The fraction of sp³-hybridized carbons (Fsp3) is 0.938. The van der Waals surface area contributed by atoms with Crippen LogP contribution in [0.15, 0.2) is 4.99 Å². The van der Waals surface area contributed by atoms with Crippen LogP contribution in [0, 0.1) is 5.41 Å². The van der Waals surface area contributed by atoms with Gasteiger partial charge < -0.3 is 10.2 Å². The number of likely N-dealkylation sites (N-methyl/N-ethyl adjacent to an activating group) is 1. The molecule has 1 saturated heterocycles. The van der Waals surface area contributed by atoms with E-state index in [1.165, 1.54) is 19.3 Å². The molecule has 1 aliphatic heterocycles. The molecule has 0 unspecified atom stereocenters. The first-order chi connectivity index (χ1) is 9.55. The summed E-state index contributed by atoms with van der Waals surface area (Å²) >= 11 is 0. The van der Waals surface area contributed by atoms with Crippen molar-refractivity contribution in [1.82, 2.24) is 15.1 Å². The number of hydrogen-bond acceptors (Lipinski definition) is 2. The van der Waals surface area contributed by atoms with Crippen LogP contribution in [0.1, 0.15) is 47.0 Å². The lowest BCUT2D eigenvalue weighted by Crippen LogP contribution is -2.41. The molecular weight excluding hydrogens is 248 g/mol. The molecule has 0 aromatic carbocycles. The Morgan fingerprint density at radius 1 is 1.35 bits per heavy atom. The van der Waals surface area contributed by atoms with Gasteiger partial charge in [0.15, 0.2) is 5.96 Å². The van der Waals surface area contributed by atoms with Crippen LogP contribution in [0.4, 0.5) is 0 Å². The van der Waals surface area contributed by atoms with E-state index in [-0.39, 0.29) is 0 Å². The maximum atomic E-state index is 4.85. The lowest BCUT2D eigenvalue weighted by molar-refractivity contribution is 0.285. The van der Waals surface area contributed by atoms with Crippen LogP contribution < -0.4 is 5.32 Å². The van der Waals surface area contributed by atoms with Gasteiger partial charge in [0, 0.05) is 32.2 Å². The summed E-state index contributed by atoms with van der Waals surface area (Å²) in [4.78, 5) is 9.85. The second-order valence-corrected chi connectivity index (χ2v) is 6.93. The number of nitrogens with zero attached hydrogens (tertiary/aromatic N) is 3. The summed E-state index contributed by atoms with van der Waals surface area (Å²) in [6, 6.07) is 0.850. The monoisotopic (exact) mass is 280 g/mol. The van der Waals surface area contributed by atoms with E-state index in [1.54, 1.807) is 0 Å². The molecule has 1 saturated carbocycles. The van der Waals surface area contributed by atoms with Crippen molar-refractivity contribution >= 4 is 5.96 Å². The molecule has 0 atom stereocenters. The first-order valence-corrected chi connectivity index (χ1v) is 8.33. The summed E-state index contributed by atoms with van der Waals surface area (Å²) in [5, 5.41) is 3.46. The number of likely N-dealkylation sites (tertiary alicyclic amines) is 1. The number of hydrogen-bond donors (Lipinski definition) is 1. The van der Waals surface area contributed by atoms with Gasteiger partial charge in [-0.25, -0.2) is 0 Å². The third-order valence-corrected chi connectivity index (χ3v) is 4.43. The molecule has 0 bridgehead atoms. The Kier molecular flexibility index (Phi) is 5.30. The summed E-state index contributed by atoms with van der Waals surface area (Å²) in [6.07, 6.45) is 4.04. The van der Waals surface area contributed by atoms with Crippen LogP contribution in [0.2, 0.25) is 0 Å². The molecule has 0 amide bonds. The summed E-state index contributed by atoms with van der Waals surface area (Å²) in [5.41, 5.74) is 0.430. The highest BCUT2D eigenvalue weighted by atomic mass is 15.3. The molecule has 4 heteroatoms. The Morgan fingerprint density at radius 2 is 2.10 bits per heavy atom. The Labute approximate surface area is 124 Å². The molecule has 0 aromatic rings. The predicted octanol–water partition coefficient (Wildman–Crippen LogP) is 2.17. The van der Waals surface area contributed by atoms with Gasteiger partial charge in [0.25, 0.3) is 0 Å². The van der Waals surface area contributed by atoms with Crippen molar-refractivity contribution in [2.45, 2.75) is 53.0 Å². The molecule has 2 aliphatic rings. The Balaban J connectivity index is 1.85. The highest BCUT2D eigenvalue weighted by Crippen LogP contribution is 2.28. The highest BCUT2D eigenvalue weighted by molar-refractivity contribution is 5.80. The number of aliphatic imine (C=N–C) groups is 1. The Bertz CT molecular complexity index is 333. The van der Waals surface area contributed by atoms with Crippen LogP contribution in [0.5, 0.6) is 0 Å². The minimum absolute atomic E-state index is 0.430. The van der Waals surface area contributed by atoms with E-state index in [4.69, 9.17) is 4.99 Å². The van der Waals surface area contributed by atoms with Crippen LogP contribution in [-0.4, -0.2) is 61.1 Å². The maximum absolute atomic E-state index is 4.85. The topological polar surface area (TPSA) is 30.9 Å². The zero-order valence-electron chi connectivity index (χ0n) is 13.8. The lowest BCUT2D eigenvalue weighted by Gasteiger charge is -2.24. The van der Waals surface area contributed by atoms with Gasteiger partial charge >= 0.3 is 0 Å². The van der Waals surface area contributed by atoms with Crippen LogP contribution in [0.25, 0.3) is 0 Å². The number of guanidine groups is 1. The summed E-state index contributed by atoms with van der Waals surface area (Å²) < 4.78 is 0. The molecule has 1 heterocycles. The highest BCUT2D eigenvalue weighted by Gasteiger charge is 2.31. The van der Waals surface area contributed by atoms with Crippen molar-refractivity contribution in [2.75, 3.05) is 39.3 Å². The van der Waals surface area contributed by atoms with Gasteiger partial charge in [-0.3, -0.25) is 9.89 Å². The van der Waals surface area contributed by atoms with E-state index in [1.807, 2.05) is 0 Å². The second-order valence-electron chi connectivity index (χ2n) is 6.93. The summed E-state index contributed by atoms with van der Waals surface area (Å²) in [5.74, 6) is 1.12. The molecule has 116 valence electrons. The first kappa shape index (κ1) is 15.6. The van der Waals surface area contributed by atoms with Crippen molar-refractivity contribution in [3.63, 3.8) is 0 Å². The van der Waals surface area contributed by atoms with Crippen LogP contribution in [0.3, 0.4) is 0 Å². The smallest absolute Gasteiger partial charge is 0.193 e. The normalized spacial score (nSPS) is 22.6. The number of nitrogens with one attached hydrogen (secondary N) is 1. The molecule has 2 fully saturated rings. The van der Waals surface area contributed by atoms with E-state index in [0.29, 0.717) is 5.41 Å². The van der Waals surface area contributed by atoms with Crippen LogP contribution >= 0.6 is 0 Å². The third-order valence-electron chi connectivity index (χ3n) is 4.43. The Morgan fingerprint density at radius 3 is 2.60 bits per heavy atom. The summed E-state index contributed by atoms with van der Waals surface area (Å²) in [6.45, 7) is 15.5. The van der Waals surface area contributed by atoms with Crippen molar-refractivity contribution in [3.05, 3.63) is 0 Å². The SMILES string of the molecule is CCNC(=NCCN(CC)C1CC1)N1CCC(C)(C)C1. The fourth-order valence-corrected chi connectivity index (χ4v) is 3.04. The molecule has 0 radical (unpaired) electrons. The average Bonchev–Trinajstić information content (AvgIpc) is 3.17. The van der Waals surface area contributed by atoms with Crippen molar-refractivity contribution in [3.8, 4) is 0 Å². The predicted molar refractivity (Wildman–Crippen MR) is 86.2 cm³/mol. The average molecular weight is 280 g/mol.